The number of rotatable bonds is 2. The summed E-state index contributed by atoms with van der Waals surface area (Å²) in [5.74, 6) is 1.40. The number of hydrogen-bond acceptors (Lipinski definition) is 4. The molecule has 1 fully saturated rings. The molecule has 0 N–H and O–H groups in total. The number of hydrogen-bond donors (Lipinski definition) is 0. The Hall–Kier alpha value is -1.85. The third kappa shape index (κ3) is 2.88. The van der Waals surface area contributed by atoms with E-state index in [1.165, 1.54) is 16.9 Å². The Morgan fingerprint density at radius 3 is 2.67 bits per heavy atom. The van der Waals surface area contributed by atoms with E-state index in [1.54, 1.807) is 15.9 Å². The average Bonchev–Trinajstić information content (AvgIpc) is 3.30. The lowest BCUT2D eigenvalue weighted by molar-refractivity contribution is 0.508. The molecular weight excluding hydrogens is 378 g/mol. The van der Waals surface area contributed by atoms with Crippen LogP contribution in [0.4, 0.5) is 5.95 Å². The number of anilines is 1. The van der Waals surface area contributed by atoms with E-state index in [0.29, 0.717) is 10.9 Å². The van der Waals surface area contributed by atoms with E-state index in [4.69, 9.17) is 16.6 Å². The van der Waals surface area contributed by atoms with Gasteiger partial charge < -0.3 is 4.90 Å². The van der Waals surface area contributed by atoms with Crippen LogP contribution in [-0.2, 0) is 12.8 Å². The quantitative estimate of drug-likeness (QED) is 0.619. The highest BCUT2D eigenvalue weighted by Crippen LogP contribution is 2.37. The molecule has 1 atom stereocenters. The molecule has 6 heteroatoms. The van der Waals surface area contributed by atoms with Crippen molar-refractivity contribution in [1.29, 1.82) is 0 Å². The van der Waals surface area contributed by atoms with Gasteiger partial charge in [0.05, 0.1) is 11.1 Å². The number of nitrogens with zero attached hydrogens (tertiary/aromatic N) is 3. The van der Waals surface area contributed by atoms with Crippen LogP contribution in [0.25, 0.3) is 15.9 Å². The molecule has 0 spiro atoms. The maximum Gasteiger partial charge on any atom is 0.268 e. The third-order valence-corrected chi connectivity index (χ3v) is 7.22. The minimum absolute atomic E-state index is 0.0656. The molecule has 1 aliphatic carbocycles. The van der Waals surface area contributed by atoms with Crippen LogP contribution in [0.2, 0.25) is 5.02 Å². The van der Waals surface area contributed by atoms with E-state index in [-0.39, 0.29) is 5.56 Å². The van der Waals surface area contributed by atoms with Gasteiger partial charge in [-0.25, -0.2) is 9.55 Å². The SMILES string of the molecule is C[C@@H]1CCc2sc3nc(N4CCCC4)n(-c4ccc(Cl)cc4)c(=O)c3c2C1. The smallest absolute Gasteiger partial charge is 0.268 e. The van der Waals surface area contributed by atoms with Gasteiger partial charge in [-0.15, -0.1) is 11.3 Å². The molecular formula is C21H22ClN3OS. The highest BCUT2D eigenvalue weighted by Gasteiger charge is 2.27. The number of aryl methyl sites for hydroxylation is 1. The van der Waals surface area contributed by atoms with Crippen LogP contribution >= 0.6 is 22.9 Å². The van der Waals surface area contributed by atoms with Gasteiger partial charge in [0.1, 0.15) is 4.83 Å². The van der Waals surface area contributed by atoms with Gasteiger partial charge in [0.15, 0.2) is 0 Å². The zero-order chi connectivity index (χ0) is 18.5. The molecule has 1 aromatic carbocycles. The van der Waals surface area contributed by atoms with Crippen molar-refractivity contribution in [2.75, 3.05) is 18.0 Å². The summed E-state index contributed by atoms with van der Waals surface area (Å²) in [6.45, 7) is 4.18. The Morgan fingerprint density at radius 1 is 1.19 bits per heavy atom. The number of thiophene rings is 1. The van der Waals surface area contributed by atoms with E-state index in [1.807, 2.05) is 24.3 Å². The lowest BCUT2D eigenvalue weighted by atomic mass is 9.89. The molecule has 2 aliphatic rings. The molecule has 1 aliphatic heterocycles. The fourth-order valence-electron chi connectivity index (χ4n) is 4.34. The second-order valence-electron chi connectivity index (χ2n) is 7.75. The van der Waals surface area contributed by atoms with Gasteiger partial charge in [0.2, 0.25) is 5.95 Å². The largest absolute Gasteiger partial charge is 0.342 e. The normalized spacial score (nSPS) is 19.6. The van der Waals surface area contributed by atoms with Gasteiger partial charge >= 0.3 is 0 Å². The van der Waals surface area contributed by atoms with Gasteiger partial charge in [-0.05, 0) is 67.9 Å². The third-order valence-electron chi connectivity index (χ3n) is 5.78. The predicted molar refractivity (Wildman–Crippen MR) is 113 cm³/mol. The Bertz CT molecular complexity index is 1060. The highest BCUT2D eigenvalue weighted by atomic mass is 35.5. The summed E-state index contributed by atoms with van der Waals surface area (Å²) in [4.78, 5) is 23.2. The van der Waals surface area contributed by atoms with Crippen LogP contribution in [-0.4, -0.2) is 22.6 Å². The topological polar surface area (TPSA) is 38.1 Å². The minimum Gasteiger partial charge on any atom is -0.342 e. The number of halogens is 1. The first-order valence-electron chi connectivity index (χ1n) is 9.70. The van der Waals surface area contributed by atoms with Gasteiger partial charge in [0, 0.05) is 23.0 Å². The first-order valence-corrected chi connectivity index (χ1v) is 10.9. The second kappa shape index (κ2) is 6.64. The van der Waals surface area contributed by atoms with E-state index < -0.39 is 0 Å². The Balaban J connectivity index is 1.80. The lowest BCUT2D eigenvalue weighted by Gasteiger charge is -2.22. The van der Waals surface area contributed by atoms with Crippen LogP contribution in [0, 0.1) is 5.92 Å². The van der Waals surface area contributed by atoms with Gasteiger partial charge in [-0.3, -0.25) is 4.79 Å². The maximum absolute atomic E-state index is 13.7. The maximum atomic E-state index is 13.7. The molecule has 1 saturated heterocycles. The molecule has 0 amide bonds. The van der Waals surface area contributed by atoms with E-state index >= 15 is 0 Å². The number of aromatic nitrogens is 2. The summed E-state index contributed by atoms with van der Waals surface area (Å²) < 4.78 is 1.80. The van der Waals surface area contributed by atoms with Gasteiger partial charge in [0.25, 0.3) is 5.56 Å². The van der Waals surface area contributed by atoms with Crippen molar-refractivity contribution >= 4 is 39.1 Å². The summed E-state index contributed by atoms with van der Waals surface area (Å²) in [5, 5.41) is 1.50. The lowest BCUT2D eigenvalue weighted by Crippen LogP contribution is -2.30. The van der Waals surface area contributed by atoms with Crippen molar-refractivity contribution in [3.8, 4) is 5.69 Å². The van der Waals surface area contributed by atoms with E-state index in [2.05, 4.69) is 11.8 Å². The summed E-state index contributed by atoms with van der Waals surface area (Å²) in [6, 6.07) is 7.51. The zero-order valence-corrected chi connectivity index (χ0v) is 16.9. The summed E-state index contributed by atoms with van der Waals surface area (Å²) in [6.07, 6.45) is 5.54. The predicted octanol–water partition coefficient (Wildman–Crippen LogP) is 4.83. The van der Waals surface area contributed by atoms with Crippen molar-refractivity contribution in [3.05, 3.63) is 50.1 Å². The van der Waals surface area contributed by atoms with Crippen LogP contribution in [0.1, 0.15) is 36.6 Å². The van der Waals surface area contributed by atoms with Crippen LogP contribution < -0.4 is 10.5 Å². The average molecular weight is 400 g/mol. The molecule has 5 rings (SSSR count). The van der Waals surface area contributed by atoms with E-state index in [9.17, 15) is 4.79 Å². The molecule has 3 heterocycles. The number of fused-ring (bicyclic) bond motifs is 3. The Kier molecular flexibility index (Phi) is 4.25. The summed E-state index contributed by atoms with van der Waals surface area (Å²) >= 11 is 7.81. The molecule has 0 saturated carbocycles. The summed E-state index contributed by atoms with van der Waals surface area (Å²) in [7, 11) is 0. The van der Waals surface area contributed by atoms with Gasteiger partial charge in [-0.1, -0.05) is 18.5 Å². The van der Waals surface area contributed by atoms with Crippen LogP contribution in [0.5, 0.6) is 0 Å². The van der Waals surface area contributed by atoms with E-state index in [0.717, 1.165) is 60.6 Å². The molecule has 140 valence electrons. The molecule has 2 aromatic heterocycles. The van der Waals surface area contributed by atoms with Crippen molar-refractivity contribution in [1.82, 2.24) is 9.55 Å². The Morgan fingerprint density at radius 2 is 1.93 bits per heavy atom. The molecule has 0 bridgehead atoms. The molecule has 0 unspecified atom stereocenters. The fourth-order valence-corrected chi connectivity index (χ4v) is 5.67. The standard InChI is InChI=1S/C21H22ClN3OS/c1-13-4-9-17-16(12-13)18-19(27-17)23-21(24-10-2-3-11-24)25(20(18)26)15-7-5-14(22)6-8-15/h5-8,13H,2-4,9-12H2,1H3/t13-/m1/s1. The Labute approximate surface area is 167 Å². The molecule has 27 heavy (non-hydrogen) atoms. The second-order valence-corrected chi connectivity index (χ2v) is 9.27. The highest BCUT2D eigenvalue weighted by molar-refractivity contribution is 7.18. The van der Waals surface area contributed by atoms with Crippen molar-refractivity contribution < 1.29 is 0 Å². The van der Waals surface area contributed by atoms with Crippen molar-refractivity contribution in [3.63, 3.8) is 0 Å². The van der Waals surface area contributed by atoms with Crippen molar-refractivity contribution in [2.45, 2.75) is 39.0 Å². The van der Waals surface area contributed by atoms with Gasteiger partial charge in [-0.2, -0.15) is 0 Å². The molecule has 3 aromatic rings. The monoisotopic (exact) mass is 399 g/mol. The number of benzene rings is 1. The van der Waals surface area contributed by atoms with Crippen LogP contribution in [0.15, 0.2) is 29.1 Å². The van der Waals surface area contributed by atoms with Crippen molar-refractivity contribution in [2.24, 2.45) is 5.92 Å². The molecule has 0 radical (unpaired) electrons. The fraction of sp³-hybridized carbons (Fsp3) is 0.429. The van der Waals surface area contributed by atoms with Crippen LogP contribution in [0.3, 0.4) is 0 Å². The molecule has 4 nitrogen and oxygen atoms in total. The first kappa shape index (κ1) is 17.3. The summed E-state index contributed by atoms with van der Waals surface area (Å²) in [5.41, 5.74) is 2.14. The minimum atomic E-state index is 0.0656. The zero-order valence-electron chi connectivity index (χ0n) is 15.4. The first-order chi connectivity index (χ1) is 13.1.